The predicted octanol–water partition coefficient (Wildman–Crippen LogP) is 1.84. The topological polar surface area (TPSA) is 97.1 Å². The van der Waals surface area contributed by atoms with E-state index in [0.717, 1.165) is 18.4 Å². The smallest absolute Gasteiger partial charge is 0.242 e. The zero-order valence-electron chi connectivity index (χ0n) is 14.0. The van der Waals surface area contributed by atoms with Crippen molar-refractivity contribution >= 4 is 11.8 Å². The number of carbonyl (C=O) groups is 2. The third kappa shape index (κ3) is 4.89. The standard InChI is InChI=1S/C18H22N4O3/c23-15(20-14-9-4-5-12-19-18(14)24)10-6-11-16-21-17(22-25-16)13-7-2-1-3-8-13/h1-3,7-8,14H,4-6,9-12H2,(H,19,24)(H,20,23). The van der Waals surface area contributed by atoms with Crippen molar-refractivity contribution in [2.24, 2.45) is 0 Å². The summed E-state index contributed by atoms with van der Waals surface area (Å²) in [5, 5.41) is 9.58. The van der Waals surface area contributed by atoms with Crippen LogP contribution in [0.15, 0.2) is 34.9 Å². The monoisotopic (exact) mass is 342 g/mol. The molecule has 7 nitrogen and oxygen atoms in total. The van der Waals surface area contributed by atoms with Gasteiger partial charge < -0.3 is 15.2 Å². The van der Waals surface area contributed by atoms with Crippen molar-refractivity contribution < 1.29 is 14.1 Å². The predicted molar refractivity (Wildman–Crippen MR) is 91.5 cm³/mol. The van der Waals surface area contributed by atoms with E-state index in [9.17, 15) is 9.59 Å². The van der Waals surface area contributed by atoms with Gasteiger partial charge in [-0.05, 0) is 25.7 Å². The molecule has 3 rings (SSSR count). The molecule has 2 aromatic rings. The molecule has 1 aliphatic heterocycles. The van der Waals surface area contributed by atoms with Gasteiger partial charge >= 0.3 is 0 Å². The van der Waals surface area contributed by atoms with E-state index in [2.05, 4.69) is 20.8 Å². The third-order valence-corrected chi connectivity index (χ3v) is 4.17. The Morgan fingerprint density at radius 1 is 1.28 bits per heavy atom. The molecule has 0 bridgehead atoms. The number of amides is 2. The molecule has 0 spiro atoms. The lowest BCUT2D eigenvalue weighted by atomic mass is 10.1. The Kier molecular flexibility index (Phi) is 5.77. The van der Waals surface area contributed by atoms with Crippen LogP contribution in [0.5, 0.6) is 0 Å². The number of carbonyl (C=O) groups excluding carboxylic acids is 2. The third-order valence-electron chi connectivity index (χ3n) is 4.17. The minimum absolute atomic E-state index is 0.0877. The molecule has 132 valence electrons. The molecule has 1 aliphatic rings. The van der Waals surface area contributed by atoms with Crippen LogP contribution in [-0.2, 0) is 16.0 Å². The second-order valence-electron chi connectivity index (χ2n) is 6.14. The lowest BCUT2D eigenvalue weighted by Gasteiger charge is -2.14. The van der Waals surface area contributed by atoms with Gasteiger partial charge in [-0.25, -0.2) is 0 Å². The van der Waals surface area contributed by atoms with Crippen LogP contribution in [0.3, 0.4) is 0 Å². The second kappa shape index (κ2) is 8.41. The van der Waals surface area contributed by atoms with Gasteiger partial charge in [0.05, 0.1) is 0 Å². The molecule has 25 heavy (non-hydrogen) atoms. The number of nitrogens with zero attached hydrogens (tertiary/aromatic N) is 2. The Morgan fingerprint density at radius 3 is 2.96 bits per heavy atom. The minimum atomic E-state index is -0.414. The van der Waals surface area contributed by atoms with E-state index in [4.69, 9.17) is 4.52 Å². The summed E-state index contributed by atoms with van der Waals surface area (Å²) in [7, 11) is 0. The first kappa shape index (κ1) is 17.1. The SMILES string of the molecule is O=C(CCCc1nc(-c2ccccc2)no1)NC1CCCCNC1=O. The van der Waals surface area contributed by atoms with Gasteiger partial charge in [0.25, 0.3) is 0 Å². The maximum absolute atomic E-state index is 12.0. The van der Waals surface area contributed by atoms with Gasteiger partial charge in [-0.3, -0.25) is 9.59 Å². The Balaban J connectivity index is 1.44. The van der Waals surface area contributed by atoms with Crippen molar-refractivity contribution in [2.45, 2.75) is 44.6 Å². The number of hydrogen-bond acceptors (Lipinski definition) is 5. The highest BCUT2D eigenvalue weighted by Crippen LogP contribution is 2.15. The van der Waals surface area contributed by atoms with Crippen LogP contribution < -0.4 is 10.6 Å². The van der Waals surface area contributed by atoms with Gasteiger partial charge in [0.2, 0.25) is 23.5 Å². The van der Waals surface area contributed by atoms with Gasteiger partial charge in [0.15, 0.2) is 0 Å². The minimum Gasteiger partial charge on any atom is -0.354 e. The summed E-state index contributed by atoms with van der Waals surface area (Å²) in [5.41, 5.74) is 0.898. The Labute approximate surface area is 146 Å². The largest absolute Gasteiger partial charge is 0.354 e. The van der Waals surface area contributed by atoms with E-state index in [1.807, 2.05) is 30.3 Å². The van der Waals surface area contributed by atoms with E-state index in [1.54, 1.807) is 0 Å². The average Bonchev–Trinajstić information content (AvgIpc) is 3.01. The van der Waals surface area contributed by atoms with E-state index >= 15 is 0 Å². The van der Waals surface area contributed by atoms with E-state index < -0.39 is 6.04 Å². The molecule has 1 fully saturated rings. The van der Waals surface area contributed by atoms with Crippen molar-refractivity contribution in [1.82, 2.24) is 20.8 Å². The second-order valence-corrected chi connectivity index (χ2v) is 6.14. The first-order valence-electron chi connectivity index (χ1n) is 8.67. The van der Waals surface area contributed by atoms with Crippen molar-refractivity contribution in [1.29, 1.82) is 0 Å². The fourth-order valence-electron chi connectivity index (χ4n) is 2.80. The summed E-state index contributed by atoms with van der Waals surface area (Å²) in [6.07, 6.45) is 4.04. The zero-order chi connectivity index (χ0) is 17.5. The number of aryl methyl sites for hydroxylation is 1. The number of rotatable bonds is 6. The van der Waals surface area contributed by atoms with E-state index in [-0.39, 0.29) is 11.8 Å². The van der Waals surface area contributed by atoms with Crippen LogP contribution in [0.25, 0.3) is 11.4 Å². The summed E-state index contributed by atoms with van der Waals surface area (Å²) in [6, 6.07) is 9.18. The highest BCUT2D eigenvalue weighted by atomic mass is 16.5. The van der Waals surface area contributed by atoms with E-state index in [1.165, 1.54) is 0 Å². The van der Waals surface area contributed by atoms with Gasteiger partial charge in [-0.15, -0.1) is 0 Å². The molecule has 1 aromatic heterocycles. The zero-order valence-corrected chi connectivity index (χ0v) is 14.0. The maximum atomic E-state index is 12.0. The molecule has 1 aromatic carbocycles. The molecule has 0 saturated carbocycles. The number of hydrogen-bond donors (Lipinski definition) is 2. The van der Waals surface area contributed by atoms with E-state index in [0.29, 0.717) is 43.9 Å². The lowest BCUT2D eigenvalue weighted by Crippen LogP contribution is -2.45. The molecule has 7 heteroatoms. The normalized spacial score (nSPS) is 17.6. The van der Waals surface area contributed by atoms with Crippen LogP contribution in [0.4, 0.5) is 0 Å². The molecule has 0 aliphatic carbocycles. The first-order chi connectivity index (χ1) is 12.2. The summed E-state index contributed by atoms with van der Waals surface area (Å²) >= 11 is 0. The van der Waals surface area contributed by atoms with Gasteiger partial charge in [-0.1, -0.05) is 35.5 Å². The number of aromatic nitrogens is 2. The lowest BCUT2D eigenvalue weighted by molar-refractivity contribution is -0.128. The fraction of sp³-hybridized carbons (Fsp3) is 0.444. The van der Waals surface area contributed by atoms with Crippen LogP contribution >= 0.6 is 0 Å². The van der Waals surface area contributed by atoms with Crippen molar-refractivity contribution in [2.75, 3.05) is 6.54 Å². The molecular formula is C18H22N4O3. The molecule has 1 unspecified atom stereocenters. The van der Waals surface area contributed by atoms with Crippen LogP contribution in [0, 0.1) is 0 Å². The first-order valence-corrected chi connectivity index (χ1v) is 8.67. The molecule has 0 radical (unpaired) electrons. The molecule has 2 heterocycles. The van der Waals surface area contributed by atoms with Crippen LogP contribution in [0.2, 0.25) is 0 Å². The summed E-state index contributed by atoms with van der Waals surface area (Å²) in [6.45, 7) is 0.687. The van der Waals surface area contributed by atoms with Gasteiger partial charge in [-0.2, -0.15) is 4.98 Å². The quantitative estimate of drug-likeness (QED) is 0.835. The highest BCUT2D eigenvalue weighted by Gasteiger charge is 2.22. The van der Waals surface area contributed by atoms with Gasteiger partial charge in [0.1, 0.15) is 6.04 Å². The Bertz CT molecular complexity index is 714. The van der Waals surface area contributed by atoms with Gasteiger partial charge in [0, 0.05) is 24.9 Å². The molecule has 2 amide bonds. The van der Waals surface area contributed by atoms with Crippen LogP contribution in [0.1, 0.15) is 38.0 Å². The fourth-order valence-corrected chi connectivity index (χ4v) is 2.80. The summed E-state index contributed by atoms with van der Waals surface area (Å²) < 4.78 is 5.23. The van der Waals surface area contributed by atoms with Crippen molar-refractivity contribution in [3.05, 3.63) is 36.2 Å². The molecule has 2 N–H and O–H groups in total. The highest BCUT2D eigenvalue weighted by molar-refractivity contribution is 5.87. The summed E-state index contributed by atoms with van der Waals surface area (Å²) in [5.74, 6) is 0.856. The van der Waals surface area contributed by atoms with Crippen LogP contribution in [-0.4, -0.2) is 34.5 Å². The number of nitrogens with one attached hydrogen (secondary N) is 2. The van der Waals surface area contributed by atoms with Crippen molar-refractivity contribution in [3.63, 3.8) is 0 Å². The maximum Gasteiger partial charge on any atom is 0.242 e. The number of benzene rings is 1. The Hall–Kier alpha value is -2.70. The van der Waals surface area contributed by atoms with Crippen molar-refractivity contribution in [3.8, 4) is 11.4 Å². The Morgan fingerprint density at radius 2 is 2.12 bits per heavy atom. The molecule has 1 saturated heterocycles. The molecule has 1 atom stereocenters. The summed E-state index contributed by atoms with van der Waals surface area (Å²) in [4.78, 5) is 28.2. The average molecular weight is 342 g/mol. The molecular weight excluding hydrogens is 320 g/mol.